The van der Waals surface area contributed by atoms with Crippen LogP contribution in [-0.2, 0) is 10.0 Å². The minimum atomic E-state index is -3.60. The van der Waals surface area contributed by atoms with Gasteiger partial charge in [0.2, 0.25) is 10.0 Å². The van der Waals surface area contributed by atoms with Crippen LogP contribution in [0.2, 0.25) is 0 Å². The summed E-state index contributed by atoms with van der Waals surface area (Å²) in [6.45, 7) is 3.78. The zero-order valence-electron chi connectivity index (χ0n) is 10.9. The van der Waals surface area contributed by atoms with Gasteiger partial charge in [-0.05, 0) is 36.0 Å². The van der Waals surface area contributed by atoms with E-state index in [0.29, 0.717) is 24.1 Å². The maximum atomic E-state index is 12.6. The lowest BCUT2D eigenvalue weighted by atomic mass is 10.2. The number of nitrogens with two attached hydrogens (primary N) is 1. The van der Waals surface area contributed by atoms with E-state index in [9.17, 15) is 8.42 Å². The Morgan fingerprint density at radius 3 is 2.79 bits per heavy atom. The average Bonchev–Trinajstić information content (AvgIpc) is 2.31. The second-order valence-electron chi connectivity index (χ2n) is 4.76. The summed E-state index contributed by atoms with van der Waals surface area (Å²) in [4.78, 5) is 6.07. The summed E-state index contributed by atoms with van der Waals surface area (Å²) >= 11 is 3.23. The van der Waals surface area contributed by atoms with E-state index in [1.54, 1.807) is 0 Å². The highest BCUT2D eigenvalue weighted by atomic mass is 79.9. The van der Waals surface area contributed by atoms with E-state index in [-0.39, 0.29) is 16.8 Å². The van der Waals surface area contributed by atoms with Crippen molar-refractivity contribution in [3.05, 3.63) is 16.7 Å². The highest BCUT2D eigenvalue weighted by Crippen LogP contribution is 2.26. The van der Waals surface area contributed by atoms with Crippen LogP contribution in [0.15, 0.2) is 21.6 Å². The third-order valence-electron chi connectivity index (χ3n) is 3.20. The molecule has 1 atom stereocenters. The molecule has 2 rings (SSSR count). The first-order valence-corrected chi connectivity index (χ1v) is 8.17. The van der Waals surface area contributed by atoms with Gasteiger partial charge in [-0.1, -0.05) is 0 Å². The van der Waals surface area contributed by atoms with Crippen LogP contribution in [0.4, 0.5) is 5.82 Å². The molecule has 0 bridgehead atoms. The Labute approximate surface area is 121 Å². The van der Waals surface area contributed by atoms with Crippen LogP contribution in [0, 0.1) is 0 Å². The molecule has 0 aliphatic carbocycles. The molecule has 1 fully saturated rings. The fraction of sp³-hybridized carbons (Fsp3) is 0.545. The number of hydrogen-bond acceptors (Lipinski definition) is 5. The van der Waals surface area contributed by atoms with Gasteiger partial charge in [0.15, 0.2) is 0 Å². The molecule has 106 valence electrons. The van der Waals surface area contributed by atoms with Crippen LogP contribution in [0.1, 0.15) is 6.92 Å². The van der Waals surface area contributed by atoms with E-state index in [2.05, 4.69) is 25.8 Å². The molecular formula is C11H17BrN4O2S. The molecule has 8 heteroatoms. The number of rotatable bonds is 2. The van der Waals surface area contributed by atoms with Gasteiger partial charge in [-0.25, -0.2) is 13.4 Å². The maximum absolute atomic E-state index is 12.6. The molecule has 2 N–H and O–H groups in total. The minimum Gasteiger partial charge on any atom is -0.383 e. The topological polar surface area (TPSA) is 79.5 Å². The van der Waals surface area contributed by atoms with Gasteiger partial charge < -0.3 is 10.6 Å². The number of nitrogens with zero attached hydrogens (tertiary/aromatic N) is 3. The number of hydrogen-bond donors (Lipinski definition) is 1. The molecule has 1 saturated heterocycles. The van der Waals surface area contributed by atoms with Crippen molar-refractivity contribution >= 4 is 31.8 Å². The zero-order chi connectivity index (χ0) is 14.2. The van der Waals surface area contributed by atoms with Crippen molar-refractivity contribution < 1.29 is 8.42 Å². The quantitative estimate of drug-likeness (QED) is 0.852. The third-order valence-corrected chi connectivity index (χ3v) is 5.68. The van der Waals surface area contributed by atoms with Crippen molar-refractivity contribution in [1.82, 2.24) is 14.2 Å². The van der Waals surface area contributed by atoms with Crippen molar-refractivity contribution in [3.8, 4) is 0 Å². The molecule has 0 saturated carbocycles. The molecule has 1 aromatic heterocycles. The molecule has 0 spiro atoms. The Kier molecular flexibility index (Phi) is 4.14. The van der Waals surface area contributed by atoms with Crippen molar-refractivity contribution in [1.29, 1.82) is 0 Å². The molecule has 0 radical (unpaired) electrons. The largest absolute Gasteiger partial charge is 0.383 e. The van der Waals surface area contributed by atoms with Crippen LogP contribution in [0.5, 0.6) is 0 Å². The van der Waals surface area contributed by atoms with Crippen molar-refractivity contribution in [2.75, 3.05) is 32.4 Å². The summed E-state index contributed by atoms with van der Waals surface area (Å²) in [6, 6.07) is 1.42. The van der Waals surface area contributed by atoms with Gasteiger partial charge >= 0.3 is 0 Å². The predicted octanol–water partition coefficient (Wildman–Crippen LogP) is 0.751. The number of nitrogen functional groups attached to an aromatic ring is 1. The Morgan fingerprint density at radius 1 is 1.47 bits per heavy atom. The van der Waals surface area contributed by atoms with Gasteiger partial charge in [-0.15, -0.1) is 0 Å². The van der Waals surface area contributed by atoms with Crippen LogP contribution in [-0.4, -0.2) is 55.3 Å². The highest BCUT2D eigenvalue weighted by Gasteiger charge is 2.34. The average molecular weight is 349 g/mol. The minimum absolute atomic E-state index is 0.0364. The molecule has 1 aliphatic rings. The fourth-order valence-corrected chi connectivity index (χ4v) is 4.44. The van der Waals surface area contributed by atoms with E-state index in [1.807, 2.05) is 14.0 Å². The monoisotopic (exact) mass is 348 g/mol. The summed E-state index contributed by atoms with van der Waals surface area (Å²) in [5, 5.41) is 0. The normalized spacial score (nSPS) is 22.6. The zero-order valence-corrected chi connectivity index (χ0v) is 13.3. The van der Waals surface area contributed by atoms with E-state index in [0.717, 1.165) is 0 Å². The lowest BCUT2D eigenvalue weighted by Crippen LogP contribution is -2.52. The standard InChI is InChI=1S/C11H17BrN4O2S/c1-8-7-15(2)3-4-16(8)19(17,18)10-5-9(12)6-14-11(10)13/h5-6,8H,3-4,7H2,1-2H3,(H2,13,14). The number of likely N-dealkylation sites (N-methyl/N-ethyl adjacent to an activating group) is 1. The van der Waals surface area contributed by atoms with Crippen LogP contribution < -0.4 is 5.73 Å². The highest BCUT2D eigenvalue weighted by molar-refractivity contribution is 9.10. The van der Waals surface area contributed by atoms with Gasteiger partial charge in [0.05, 0.1) is 0 Å². The van der Waals surface area contributed by atoms with Crippen LogP contribution >= 0.6 is 15.9 Å². The van der Waals surface area contributed by atoms with E-state index in [1.165, 1.54) is 16.6 Å². The summed E-state index contributed by atoms with van der Waals surface area (Å²) in [5.41, 5.74) is 5.71. The number of pyridine rings is 1. The van der Waals surface area contributed by atoms with Crippen LogP contribution in [0.25, 0.3) is 0 Å². The number of sulfonamides is 1. The summed E-state index contributed by atoms with van der Waals surface area (Å²) < 4.78 is 27.4. The van der Waals surface area contributed by atoms with Gasteiger partial charge in [0, 0.05) is 36.3 Å². The van der Waals surface area contributed by atoms with Gasteiger partial charge in [-0.2, -0.15) is 4.31 Å². The number of halogens is 1. The third kappa shape index (κ3) is 2.91. The Hall–Kier alpha value is -0.700. The summed E-state index contributed by atoms with van der Waals surface area (Å²) in [7, 11) is -1.62. The molecule has 1 aromatic rings. The molecular weight excluding hydrogens is 332 g/mol. The van der Waals surface area contributed by atoms with Gasteiger partial charge in [-0.3, -0.25) is 0 Å². The van der Waals surface area contributed by atoms with Gasteiger partial charge in [0.25, 0.3) is 0 Å². The molecule has 2 heterocycles. The second-order valence-corrected chi connectivity index (χ2v) is 7.54. The molecule has 0 amide bonds. The molecule has 1 aliphatic heterocycles. The molecule has 19 heavy (non-hydrogen) atoms. The van der Waals surface area contributed by atoms with E-state index < -0.39 is 10.0 Å². The Balaban J connectivity index is 2.39. The molecule has 1 unspecified atom stereocenters. The summed E-state index contributed by atoms with van der Waals surface area (Å²) in [5.74, 6) is 0.0364. The lowest BCUT2D eigenvalue weighted by Gasteiger charge is -2.37. The predicted molar refractivity (Wildman–Crippen MR) is 77.2 cm³/mol. The fourth-order valence-electron chi connectivity index (χ4n) is 2.24. The lowest BCUT2D eigenvalue weighted by molar-refractivity contribution is 0.170. The van der Waals surface area contributed by atoms with Crippen LogP contribution in [0.3, 0.4) is 0 Å². The Bertz CT molecular complexity index is 578. The van der Waals surface area contributed by atoms with E-state index in [4.69, 9.17) is 5.73 Å². The first-order chi connectivity index (χ1) is 8.82. The number of piperazine rings is 1. The van der Waals surface area contributed by atoms with Crippen molar-refractivity contribution in [2.45, 2.75) is 17.9 Å². The number of anilines is 1. The smallest absolute Gasteiger partial charge is 0.247 e. The SMILES string of the molecule is CC1CN(C)CCN1S(=O)(=O)c1cc(Br)cnc1N. The number of aromatic nitrogens is 1. The maximum Gasteiger partial charge on any atom is 0.247 e. The van der Waals surface area contributed by atoms with Crippen molar-refractivity contribution in [3.63, 3.8) is 0 Å². The summed E-state index contributed by atoms with van der Waals surface area (Å²) in [6.07, 6.45) is 1.49. The van der Waals surface area contributed by atoms with Gasteiger partial charge in [0.1, 0.15) is 10.7 Å². The molecule has 0 aromatic carbocycles. The second kappa shape index (κ2) is 5.35. The van der Waals surface area contributed by atoms with E-state index >= 15 is 0 Å². The molecule has 6 nitrogen and oxygen atoms in total. The first-order valence-electron chi connectivity index (χ1n) is 5.94. The Morgan fingerprint density at radius 2 is 2.16 bits per heavy atom. The van der Waals surface area contributed by atoms with Crippen molar-refractivity contribution in [2.24, 2.45) is 0 Å². The first kappa shape index (κ1) is 14.7.